The third kappa shape index (κ3) is 7.50. The van der Waals surface area contributed by atoms with Crippen molar-refractivity contribution in [3.8, 4) is 0 Å². The van der Waals surface area contributed by atoms with Crippen LogP contribution in [0.3, 0.4) is 0 Å². The predicted octanol–water partition coefficient (Wildman–Crippen LogP) is 1.61. The SMILES string of the molecule is COC(=O)N(CCCCOS(C)(=O)=O)C(C)(C)C. The molecule has 6 nitrogen and oxygen atoms in total. The van der Waals surface area contributed by atoms with E-state index < -0.39 is 10.1 Å². The van der Waals surface area contributed by atoms with E-state index in [9.17, 15) is 13.2 Å². The van der Waals surface area contributed by atoms with Crippen molar-refractivity contribution in [1.82, 2.24) is 4.90 Å². The number of rotatable bonds is 6. The molecule has 0 saturated carbocycles. The molecule has 7 heteroatoms. The fraction of sp³-hybridized carbons (Fsp3) is 0.909. The van der Waals surface area contributed by atoms with Gasteiger partial charge >= 0.3 is 6.09 Å². The van der Waals surface area contributed by atoms with Gasteiger partial charge in [0.05, 0.1) is 20.0 Å². The lowest BCUT2D eigenvalue weighted by molar-refractivity contribution is 0.0818. The maximum atomic E-state index is 11.6. The van der Waals surface area contributed by atoms with Crippen LogP contribution in [0.2, 0.25) is 0 Å². The van der Waals surface area contributed by atoms with E-state index in [2.05, 4.69) is 4.18 Å². The minimum atomic E-state index is -3.38. The van der Waals surface area contributed by atoms with Gasteiger partial charge in [0.2, 0.25) is 0 Å². The molecule has 0 aliphatic rings. The highest BCUT2D eigenvalue weighted by Gasteiger charge is 2.26. The Morgan fingerprint density at radius 2 is 1.78 bits per heavy atom. The van der Waals surface area contributed by atoms with Gasteiger partial charge in [-0.1, -0.05) is 0 Å². The molecule has 0 radical (unpaired) electrons. The second-order valence-electron chi connectivity index (χ2n) is 5.03. The van der Waals surface area contributed by atoms with E-state index in [1.54, 1.807) is 4.90 Å². The largest absolute Gasteiger partial charge is 0.453 e. The van der Waals surface area contributed by atoms with Crippen LogP contribution in [-0.2, 0) is 19.0 Å². The van der Waals surface area contributed by atoms with Crippen molar-refractivity contribution in [3.05, 3.63) is 0 Å². The zero-order chi connectivity index (χ0) is 14.4. The van der Waals surface area contributed by atoms with E-state index >= 15 is 0 Å². The molecule has 0 aromatic rings. The minimum absolute atomic E-state index is 0.137. The van der Waals surface area contributed by atoms with Gasteiger partial charge in [-0.3, -0.25) is 4.18 Å². The fourth-order valence-electron chi connectivity index (χ4n) is 1.39. The molecule has 0 aliphatic heterocycles. The van der Waals surface area contributed by atoms with Crippen LogP contribution in [0.1, 0.15) is 33.6 Å². The van der Waals surface area contributed by atoms with Crippen LogP contribution in [0.25, 0.3) is 0 Å². The Balaban J connectivity index is 4.11. The molecule has 0 saturated heterocycles. The first-order valence-corrected chi connectivity index (χ1v) is 7.59. The van der Waals surface area contributed by atoms with E-state index in [1.807, 2.05) is 20.8 Å². The fourth-order valence-corrected chi connectivity index (χ4v) is 1.81. The van der Waals surface area contributed by atoms with Gasteiger partial charge in [0.25, 0.3) is 10.1 Å². The van der Waals surface area contributed by atoms with Crippen LogP contribution < -0.4 is 0 Å². The summed E-state index contributed by atoms with van der Waals surface area (Å²) >= 11 is 0. The van der Waals surface area contributed by atoms with Gasteiger partial charge in [0, 0.05) is 12.1 Å². The van der Waals surface area contributed by atoms with Crippen molar-refractivity contribution >= 4 is 16.2 Å². The normalized spacial score (nSPS) is 12.3. The van der Waals surface area contributed by atoms with Gasteiger partial charge in [0.1, 0.15) is 0 Å². The summed E-state index contributed by atoms with van der Waals surface area (Å²) in [6.45, 7) is 6.38. The third-order valence-electron chi connectivity index (χ3n) is 2.28. The topological polar surface area (TPSA) is 72.9 Å². The molecule has 0 atom stereocenters. The second-order valence-corrected chi connectivity index (χ2v) is 6.67. The molecule has 108 valence electrons. The van der Waals surface area contributed by atoms with E-state index in [4.69, 9.17) is 4.74 Å². The van der Waals surface area contributed by atoms with Gasteiger partial charge in [-0.25, -0.2) is 4.79 Å². The quantitative estimate of drug-likeness (QED) is 0.546. The summed E-state index contributed by atoms with van der Waals surface area (Å²) in [6, 6.07) is 0. The molecule has 0 heterocycles. The number of unbranched alkanes of at least 4 members (excludes halogenated alkanes) is 1. The van der Waals surface area contributed by atoms with Gasteiger partial charge < -0.3 is 9.64 Å². The van der Waals surface area contributed by atoms with Crippen LogP contribution in [-0.4, -0.2) is 51.5 Å². The molecule has 0 aromatic heterocycles. The average Bonchev–Trinajstić information content (AvgIpc) is 2.18. The number of methoxy groups -OCH3 is 1. The number of carbonyl (C=O) groups excluding carboxylic acids is 1. The average molecular weight is 281 g/mol. The smallest absolute Gasteiger partial charge is 0.409 e. The van der Waals surface area contributed by atoms with Crippen molar-refractivity contribution in [2.45, 2.75) is 39.2 Å². The second kappa shape index (κ2) is 6.94. The Hall–Kier alpha value is -0.820. The first-order chi connectivity index (χ1) is 8.08. The van der Waals surface area contributed by atoms with Crippen molar-refractivity contribution < 1.29 is 22.1 Å². The van der Waals surface area contributed by atoms with E-state index in [0.29, 0.717) is 19.4 Å². The first-order valence-electron chi connectivity index (χ1n) is 5.78. The van der Waals surface area contributed by atoms with Crippen molar-refractivity contribution in [2.24, 2.45) is 0 Å². The van der Waals surface area contributed by atoms with Crippen LogP contribution >= 0.6 is 0 Å². The number of hydrogen-bond donors (Lipinski definition) is 0. The van der Waals surface area contributed by atoms with Crippen LogP contribution in [0, 0.1) is 0 Å². The summed E-state index contributed by atoms with van der Waals surface area (Å²) in [4.78, 5) is 13.2. The summed E-state index contributed by atoms with van der Waals surface area (Å²) in [6.07, 6.45) is 1.85. The highest BCUT2D eigenvalue weighted by molar-refractivity contribution is 7.85. The molecular formula is C11H23NO5S. The van der Waals surface area contributed by atoms with E-state index in [1.165, 1.54) is 7.11 Å². The van der Waals surface area contributed by atoms with Crippen LogP contribution in [0.4, 0.5) is 4.79 Å². The number of ether oxygens (including phenoxy) is 1. The Bertz CT molecular complexity index is 358. The molecule has 0 N–H and O–H groups in total. The van der Waals surface area contributed by atoms with Gasteiger partial charge in [0.15, 0.2) is 0 Å². The van der Waals surface area contributed by atoms with E-state index in [0.717, 1.165) is 6.26 Å². The maximum Gasteiger partial charge on any atom is 0.409 e. The molecule has 0 fully saturated rings. The maximum absolute atomic E-state index is 11.6. The molecule has 0 unspecified atom stereocenters. The third-order valence-corrected chi connectivity index (χ3v) is 2.87. The standard InChI is InChI=1S/C11H23NO5S/c1-11(2,3)12(10(13)16-4)8-6-7-9-17-18(5,14)15/h6-9H2,1-5H3. The highest BCUT2D eigenvalue weighted by atomic mass is 32.2. The lowest BCUT2D eigenvalue weighted by Gasteiger charge is -2.34. The Kier molecular flexibility index (Phi) is 6.62. The molecular weight excluding hydrogens is 258 g/mol. The van der Waals surface area contributed by atoms with Crippen molar-refractivity contribution in [1.29, 1.82) is 0 Å². The number of nitrogens with zero attached hydrogens (tertiary/aromatic N) is 1. The summed E-state index contributed by atoms with van der Waals surface area (Å²) in [5.41, 5.74) is -0.329. The van der Waals surface area contributed by atoms with Gasteiger partial charge in [-0.2, -0.15) is 8.42 Å². The lowest BCUT2D eigenvalue weighted by atomic mass is 10.1. The number of amides is 1. The molecule has 0 rings (SSSR count). The first kappa shape index (κ1) is 17.2. The molecule has 0 aromatic carbocycles. The summed E-state index contributed by atoms with van der Waals surface area (Å²) in [5, 5.41) is 0. The van der Waals surface area contributed by atoms with Crippen molar-refractivity contribution in [3.63, 3.8) is 0 Å². The van der Waals surface area contributed by atoms with Gasteiger partial charge in [-0.15, -0.1) is 0 Å². The molecule has 1 amide bonds. The van der Waals surface area contributed by atoms with Crippen molar-refractivity contribution in [2.75, 3.05) is 26.5 Å². The number of carbonyl (C=O) groups is 1. The zero-order valence-corrected chi connectivity index (χ0v) is 12.5. The Morgan fingerprint density at radius 1 is 1.22 bits per heavy atom. The highest BCUT2D eigenvalue weighted by Crippen LogP contribution is 2.15. The predicted molar refractivity (Wildman–Crippen MR) is 68.9 cm³/mol. The minimum Gasteiger partial charge on any atom is -0.453 e. The Morgan fingerprint density at radius 3 is 2.17 bits per heavy atom. The molecule has 0 spiro atoms. The molecule has 18 heavy (non-hydrogen) atoms. The summed E-state index contributed by atoms with van der Waals surface area (Å²) in [5.74, 6) is 0. The Labute approximate surface area is 109 Å². The zero-order valence-electron chi connectivity index (χ0n) is 11.7. The van der Waals surface area contributed by atoms with Gasteiger partial charge in [-0.05, 0) is 33.6 Å². The number of hydrogen-bond acceptors (Lipinski definition) is 5. The van der Waals surface area contributed by atoms with Crippen LogP contribution in [0.5, 0.6) is 0 Å². The molecule has 0 bridgehead atoms. The monoisotopic (exact) mass is 281 g/mol. The lowest BCUT2D eigenvalue weighted by Crippen LogP contribution is -2.46. The molecule has 0 aliphatic carbocycles. The van der Waals surface area contributed by atoms with E-state index in [-0.39, 0.29) is 18.2 Å². The van der Waals surface area contributed by atoms with Crippen LogP contribution in [0.15, 0.2) is 0 Å². The summed E-state index contributed by atoms with van der Waals surface area (Å²) in [7, 11) is -2.04. The summed E-state index contributed by atoms with van der Waals surface area (Å²) < 4.78 is 30.8.